The molecule has 5 nitrogen and oxygen atoms in total. The Labute approximate surface area is 141 Å². The molecule has 0 amide bonds. The first-order valence-electron chi connectivity index (χ1n) is 7.90. The molecule has 1 aromatic rings. The molecule has 0 unspecified atom stereocenters. The topological polar surface area (TPSA) is 48.3 Å². The summed E-state index contributed by atoms with van der Waals surface area (Å²) in [5.41, 5.74) is 0.688. The highest BCUT2D eigenvalue weighted by molar-refractivity contribution is 5.90. The summed E-state index contributed by atoms with van der Waals surface area (Å²) in [4.78, 5) is 8.91. The van der Waals surface area contributed by atoms with E-state index in [1.54, 1.807) is 6.07 Å². The number of halogens is 1. The molecular formula is C18H22FN3O2. The van der Waals surface area contributed by atoms with Crippen LogP contribution in [-0.2, 0) is 11.3 Å². The normalized spacial score (nSPS) is 20.8. The molecule has 6 heteroatoms. The van der Waals surface area contributed by atoms with Gasteiger partial charge in [0.1, 0.15) is 18.2 Å². The number of phenols is 1. The summed E-state index contributed by atoms with van der Waals surface area (Å²) in [6, 6.07) is 4.17. The second-order valence-electron chi connectivity index (χ2n) is 6.63. The van der Waals surface area contributed by atoms with Crippen molar-refractivity contribution in [2.24, 2.45) is 4.99 Å². The highest BCUT2D eigenvalue weighted by Gasteiger charge is 2.40. The number of hydrogen-bond acceptors (Lipinski definition) is 5. The third kappa shape index (κ3) is 2.84. The minimum absolute atomic E-state index is 0.00775. The predicted molar refractivity (Wildman–Crippen MR) is 90.7 cm³/mol. The van der Waals surface area contributed by atoms with Crippen LogP contribution in [-0.4, -0.2) is 39.9 Å². The number of benzene rings is 1. The van der Waals surface area contributed by atoms with E-state index < -0.39 is 5.82 Å². The van der Waals surface area contributed by atoms with Gasteiger partial charge in [0.05, 0.1) is 5.54 Å². The number of phenolic OH excluding ortho intramolecular Hbond substituents is 1. The number of rotatable bonds is 2. The van der Waals surface area contributed by atoms with Crippen molar-refractivity contribution in [1.82, 2.24) is 9.80 Å². The number of likely N-dealkylation sites (N-methyl/N-ethyl adjacent to an activating group) is 1. The van der Waals surface area contributed by atoms with Crippen molar-refractivity contribution in [3.63, 3.8) is 0 Å². The van der Waals surface area contributed by atoms with Crippen LogP contribution in [0.2, 0.25) is 0 Å². The first kappa shape index (κ1) is 16.4. The summed E-state index contributed by atoms with van der Waals surface area (Å²) in [7, 11) is 2.06. The predicted octanol–water partition coefficient (Wildman–Crippen LogP) is 3.19. The number of fused-ring (bicyclic) bond motifs is 1. The zero-order valence-corrected chi connectivity index (χ0v) is 14.4. The Hall–Kier alpha value is -2.50. The van der Waals surface area contributed by atoms with Crippen LogP contribution in [0, 0.1) is 5.82 Å². The third-order valence-corrected chi connectivity index (χ3v) is 4.48. The van der Waals surface area contributed by atoms with Crippen LogP contribution in [0.15, 0.2) is 47.0 Å². The second kappa shape index (κ2) is 5.85. The molecule has 1 N–H and O–H groups in total. The van der Waals surface area contributed by atoms with Crippen molar-refractivity contribution in [3.05, 3.63) is 53.4 Å². The number of allylic oxidation sites excluding steroid dienone is 1. The van der Waals surface area contributed by atoms with Gasteiger partial charge in [0, 0.05) is 19.7 Å². The van der Waals surface area contributed by atoms with Crippen molar-refractivity contribution >= 4 is 5.90 Å². The Morgan fingerprint density at radius 1 is 1.42 bits per heavy atom. The van der Waals surface area contributed by atoms with Gasteiger partial charge in [0.2, 0.25) is 5.90 Å². The van der Waals surface area contributed by atoms with Gasteiger partial charge < -0.3 is 19.6 Å². The highest BCUT2D eigenvalue weighted by Crippen LogP contribution is 2.35. The standard InChI is InChI=1S/C18H22FN3O2/c1-5-15-20-16(9-17-21(4)18(2,3)11-22(15)17)24-10-12-6-7-13(19)14(23)8-12/h5-9,23H,10-11H2,1-4H3/b15-5+. The zero-order chi connectivity index (χ0) is 17.5. The van der Waals surface area contributed by atoms with E-state index in [9.17, 15) is 9.50 Å². The average Bonchev–Trinajstić information content (AvgIpc) is 2.78. The van der Waals surface area contributed by atoms with Crippen LogP contribution in [0.4, 0.5) is 4.39 Å². The summed E-state index contributed by atoms with van der Waals surface area (Å²) < 4.78 is 18.9. The molecule has 2 aliphatic heterocycles. The Bertz CT molecular complexity index is 753. The van der Waals surface area contributed by atoms with E-state index in [2.05, 4.69) is 35.7 Å². The van der Waals surface area contributed by atoms with Gasteiger partial charge in [0.15, 0.2) is 11.6 Å². The molecule has 0 radical (unpaired) electrons. The van der Waals surface area contributed by atoms with Gasteiger partial charge in [-0.05, 0) is 44.5 Å². The Morgan fingerprint density at radius 3 is 2.83 bits per heavy atom. The Kier molecular flexibility index (Phi) is 3.99. The molecule has 0 saturated carbocycles. The number of aliphatic imine (C=N–C) groups is 1. The second-order valence-corrected chi connectivity index (χ2v) is 6.63. The first-order valence-corrected chi connectivity index (χ1v) is 7.90. The van der Waals surface area contributed by atoms with Crippen LogP contribution in [0.5, 0.6) is 5.75 Å². The van der Waals surface area contributed by atoms with Crippen LogP contribution in [0.25, 0.3) is 0 Å². The van der Waals surface area contributed by atoms with Crippen molar-refractivity contribution in [3.8, 4) is 5.75 Å². The molecule has 3 rings (SSSR count). The van der Waals surface area contributed by atoms with Crippen molar-refractivity contribution < 1.29 is 14.2 Å². The first-order chi connectivity index (χ1) is 11.3. The minimum atomic E-state index is -0.641. The molecule has 1 aromatic carbocycles. The molecule has 1 fully saturated rings. The van der Waals surface area contributed by atoms with E-state index in [1.807, 2.05) is 19.1 Å². The highest BCUT2D eigenvalue weighted by atomic mass is 19.1. The fourth-order valence-electron chi connectivity index (χ4n) is 2.85. The number of hydrogen-bond donors (Lipinski definition) is 1. The molecule has 128 valence electrons. The van der Waals surface area contributed by atoms with Gasteiger partial charge in [0.25, 0.3) is 0 Å². The fourth-order valence-corrected chi connectivity index (χ4v) is 2.85. The number of aromatic hydroxyl groups is 1. The molecule has 0 aliphatic carbocycles. The number of ether oxygens (including phenoxy) is 1. The summed E-state index contributed by atoms with van der Waals surface area (Å²) in [6.45, 7) is 7.38. The molecule has 0 atom stereocenters. The summed E-state index contributed by atoms with van der Waals surface area (Å²) in [5.74, 6) is 1.37. The van der Waals surface area contributed by atoms with Gasteiger partial charge in [-0.1, -0.05) is 6.07 Å². The smallest absolute Gasteiger partial charge is 0.219 e. The maximum Gasteiger partial charge on any atom is 0.219 e. The lowest BCUT2D eigenvalue weighted by molar-refractivity contribution is 0.261. The van der Waals surface area contributed by atoms with E-state index in [1.165, 1.54) is 12.1 Å². The van der Waals surface area contributed by atoms with Crippen LogP contribution < -0.4 is 0 Å². The molecule has 2 heterocycles. The molecule has 1 saturated heterocycles. The Balaban J connectivity index is 1.80. The molecule has 0 aromatic heterocycles. The largest absolute Gasteiger partial charge is 0.505 e. The third-order valence-electron chi connectivity index (χ3n) is 4.48. The Morgan fingerprint density at radius 2 is 2.17 bits per heavy atom. The molecule has 0 spiro atoms. The maximum atomic E-state index is 13.1. The van der Waals surface area contributed by atoms with Gasteiger partial charge in [-0.25, -0.2) is 4.39 Å². The molecular weight excluding hydrogens is 309 g/mol. The summed E-state index contributed by atoms with van der Waals surface area (Å²) >= 11 is 0. The van der Waals surface area contributed by atoms with E-state index in [0.717, 1.165) is 18.2 Å². The molecule has 2 aliphatic rings. The van der Waals surface area contributed by atoms with Gasteiger partial charge >= 0.3 is 0 Å². The van der Waals surface area contributed by atoms with Gasteiger partial charge in [-0.2, -0.15) is 4.99 Å². The van der Waals surface area contributed by atoms with Gasteiger partial charge in [-0.3, -0.25) is 0 Å². The van der Waals surface area contributed by atoms with Crippen LogP contribution in [0.3, 0.4) is 0 Å². The van der Waals surface area contributed by atoms with Crippen LogP contribution in [0.1, 0.15) is 26.3 Å². The average molecular weight is 331 g/mol. The van der Waals surface area contributed by atoms with E-state index in [0.29, 0.717) is 11.5 Å². The molecule has 24 heavy (non-hydrogen) atoms. The van der Waals surface area contributed by atoms with Crippen molar-refractivity contribution in [1.29, 1.82) is 0 Å². The van der Waals surface area contributed by atoms with Crippen molar-refractivity contribution in [2.75, 3.05) is 13.6 Å². The monoisotopic (exact) mass is 331 g/mol. The van der Waals surface area contributed by atoms with E-state index in [4.69, 9.17) is 4.74 Å². The van der Waals surface area contributed by atoms with Crippen LogP contribution >= 0.6 is 0 Å². The lowest BCUT2D eigenvalue weighted by Gasteiger charge is -2.29. The summed E-state index contributed by atoms with van der Waals surface area (Å²) in [5, 5.41) is 9.44. The molecule has 0 bridgehead atoms. The lowest BCUT2D eigenvalue weighted by Crippen LogP contribution is -2.36. The minimum Gasteiger partial charge on any atom is -0.505 e. The lowest BCUT2D eigenvalue weighted by atomic mass is 10.1. The van der Waals surface area contributed by atoms with Crippen molar-refractivity contribution in [2.45, 2.75) is 32.9 Å². The number of nitrogens with zero attached hydrogens (tertiary/aromatic N) is 3. The zero-order valence-electron chi connectivity index (χ0n) is 14.4. The van der Waals surface area contributed by atoms with E-state index in [-0.39, 0.29) is 17.9 Å². The quantitative estimate of drug-likeness (QED) is 0.904. The maximum absolute atomic E-state index is 13.1. The van der Waals surface area contributed by atoms with E-state index >= 15 is 0 Å². The van der Waals surface area contributed by atoms with Gasteiger partial charge in [-0.15, -0.1) is 0 Å². The SMILES string of the molecule is C/C=C1\N=C(OCc2ccc(F)c(O)c2)C=C2N1CC(C)(C)N2C. The summed E-state index contributed by atoms with van der Waals surface area (Å²) in [6.07, 6.45) is 3.86. The fraction of sp³-hybridized carbons (Fsp3) is 0.389.